The number of nitrogens with one attached hydrogen (secondary N) is 1. The van der Waals surface area contributed by atoms with Gasteiger partial charge in [0.05, 0.1) is 17.7 Å². The van der Waals surface area contributed by atoms with Crippen molar-refractivity contribution in [1.29, 1.82) is 0 Å². The molecule has 1 amide bonds. The van der Waals surface area contributed by atoms with E-state index in [2.05, 4.69) is 5.32 Å². The van der Waals surface area contributed by atoms with E-state index in [0.717, 1.165) is 12.8 Å². The van der Waals surface area contributed by atoms with Gasteiger partial charge in [0.1, 0.15) is 12.4 Å². The quantitative estimate of drug-likeness (QED) is 0.832. The summed E-state index contributed by atoms with van der Waals surface area (Å²) in [5.41, 5.74) is 6.12. The minimum Gasteiger partial charge on any atom is -0.490 e. The van der Waals surface area contributed by atoms with Gasteiger partial charge in [-0.15, -0.1) is 0 Å². The molecule has 0 aromatic heterocycles. The summed E-state index contributed by atoms with van der Waals surface area (Å²) in [5.74, 6) is 0.568. The highest BCUT2D eigenvalue weighted by Crippen LogP contribution is 2.28. The van der Waals surface area contributed by atoms with Crippen molar-refractivity contribution in [1.82, 2.24) is 0 Å². The van der Waals surface area contributed by atoms with Gasteiger partial charge in [-0.1, -0.05) is 19.1 Å². The van der Waals surface area contributed by atoms with Crippen LogP contribution >= 0.6 is 0 Å². The lowest BCUT2D eigenvalue weighted by molar-refractivity contribution is -0.121. The molecule has 0 saturated carbocycles. The number of hydrogen-bond acceptors (Lipinski definition) is 4. The number of amides is 1. The molecule has 5 heteroatoms. The first-order valence-corrected chi connectivity index (χ1v) is 7.10. The normalized spacial score (nSPS) is 21.7. The van der Waals surface area contributed by atoms with Gasteiger partial charge in [-0.2, -0.15) is 0 Å². The van der Waals surface area contributed by atoms with E-state index in [4.69, 9.17) is 15.2 Å². The molecule has 0 radical (unpaired) electrons. The van der Waals surface area contributed by atoms with Crippen molar-refractivity contribution in [3.05, 3.63) is 24.3 Å². The molecule has 5 nitrogen and oxygen atoms in total. The van der Waals surface area contributed by atoms with Crippen LogP contribution < -0.4 is 15.8 Å². The fourth-order valence-corrected chi connectivity index (χ4v) is 2.44. The molecule has 1 aliphatic heterocycles. The summed E-state index contributed by atoms with van der Waals surface area (Å²) < 4.78 is 11.1. The summed E-state index contributed by atoms with van der Waals surface area (Å²) in [5, 5.41) is 2.94. The van der Waals surface area contributed by atoms with Crippen LogP contribution in [-0.4, -0.2) is 31.8 Å². The zero-order valence-electron chi connectivity index (χ0n) is 11.8. The zero-order valence-corrected chi connectivity index (χ0v) is 11.8. The number of benzene rings is 1. The molecule has 1 aromatic rings. The topological polar surface area (TPSA) is 73.6 Å². The second-order valence-electron chi connectivity index (χ2n) is 4.84. The molecule has 2 atom stereocenters. The molecule has 0 aliphatic carbocycles. The number of rotatable bonds is 6. The lowest BCUT2D eigenvalue weighted by Gasteiger charge is -2.18. The molecule has 1 aromatic carbocycles. The van der Waals surface area contributed by atoms with Crippen molar-refractivity contribution in [2.75, 3.05) is 25.1 Å². The Hall–Kier alpha value is -1.59. The van der Waals surface area contributed by atoms with Crippen molar-refractivity contribution >= 4 is 11.6 Å². The Morgan fingerprint density at radius 2 is 2.30 bits per heavy atom. The third-order valence-electron chi connectivity index (χ3n) is 3.47. The second-order valence-corrected chi connectivity index (χ2v) is 4.84. The first-order chi connectivity index (χ1) is 9.76. The van der Waals surface area contributed by atoms with Gasteiger partial charge in [0.2, 0.25) is 5.91 Å². The highest BCUT2D eigenvalue weighted by Gasteiger charge is 2.33. The predicted octanol–water partition coefficient (Wildman–Crippen LogP) is 1.78. The molecule has 110 valence electrons. The summed E-state index contributed by atoms with van der Waals surface area (Å²) >= 11 is 0. The molecule has 3 N–H and O–H groups in total. The number of anilines is 1. The molecule has 0 spiro atoms. The lowest BCUT2D eigenvalue weighted by atomic mass is 9.98. The average Bonchev–Trinajstić information content (AvgIpc) is 2.95. The van der Waals surface area contributed by atoms with E-state index in [0.29, 0.717) is 31.2 Å². The van der Waals surface area contributed by atoms with Gasteiger partial charge in [-0.3, -0.25) is 4.79 Å². The van der Waals surface area contributed by atoms with E-state index in [1.54, 1.807) is 0 Å². The van der Waals surface area contributed by atoms with Gasteiger partial charge in [-0.25, -0.2) is 0 Å². The Morgan fingerprint density at radius 3 is 3.05 bits per heavy atom. The number of para-hydroxylation sites is 2. The van der Waals surface area contributed by atoms with Crippen molar-refractivity contribution in [2.24, 2.45) is 11.7 Å². The summed E-state index contributed by atoms with van der Waals surface area (Å²) in [6.45, 7) is 3.56. The largest absolute Gasteiger partial charge is 0.490 e. The Morgan fingerprint density at radius 1 is 1.50 bits per heavy atom. The van der Waals surface area contributed by atoms with E-state index in [-0.39, 0.29) is 17.9 Å². The van der Waals surface area contributed by atoms with Crippen molar-refractivity contribution < 1.29 is 14.3 Å². The van der Waals surface area contributed by atoms with Crippen LogP contribution in [0.25, 0.3) is 0 Å². The number of hydrogen-bond donors (Lipinski definition) is 2. The average molecular weight is 278 g/mol. The van der Waals surface area contributed by atoms with Crippen LogP contribution in [0.4, 0.5) is 5.69 Å². The molecule has 1 aliphatic rings. The third-order valence-corrected chi connectivity index (χ3v) is 3.47. The van der Waals surface area contributed by atoms with Crippen LogP contribution in [0, 0.1) is 5.92 Å². The first kappa shape index (κ1) is 14.8. The summed E-state index contributed by atoms with van der Waals surface area (Å²) in [6.07, 6.45) is 1.65. The van der Waals surface area contributed by atoms with Crippen LogP contribution in [0.2, 0.25) is 0 Å². The summed E-state index contributed by atoms with van der Waals surface area (Å²) in [4.78, 5) is 12.3. The molecule has 1 fully saturated rings. The van der Waals surface area contributed by atoms with E-state index in [9.17, 15) is 4.79 Å². The number of carbonyl (C=O) groups excluding carboxylic acids is 1. The molecule has 2 rings (SSSR count). The van der Waals surface area contributed by atoms with Gasteiger partial charge in [0.15, 0.2) is 0 Å². The smallest absolute Gasteiger partial charge is 0.230 e. The SMILES string of the molecule is CCC1OCCC1C(=O)Nc1ccccc1OCCN. The van der Waals surface area contributed by atoms with E-state index in [1.807, 2.05) is 31.2 Å². The molecular formula is C15H22N2O3. The third kappa shape index (κ3) is 3.49. The van der Waals surface area contributed by atoms with E-state index in [1.165, 1.54) is 0 Å². The van der Waals surface area contributed by atoms with Gasteiger partial charge in [0.25, 0.3) is 0 Å². The Bertz CT molecular complexity index is 450. The Kier molecular flexibility index (Phi) is 5.38. The van der Waals surface area contributed by atoms with Gasteiger partial charge in [-0.05, 0) is 25.0 Å². The van der Waals surface area contributed by atoms with Gasteiger partial charge in [0, 0.05) is 13.2 Å². The molecule has 0 bridgehead atoms. The monoisotopic (exact) mass is 278 g/mol. The van der Waals surface area contributed by atoms with Crippen LogP contribution in [0.1, 0.15) is 19.8 Å². The molecule has 1 heterocycles. The first-order valence-electron chi connectivity index (χ1n) is 7.10. The zero-order chi connectivity index (χ0) is 14.4. The maximum absolute atomic E-state index is 12.3. The minimum atomic E-state index is -0.0810. The van der Waals surface area contributed by atoms with Crippen LogP contribution in [-0.2, 0) is 9.53 Å². The second kappa shape index (κ2) is 7.26. The maximum Gasteiger partial charge on any atom is 0.230 e. The molecular weight excluding hydrogens is 256 g/mol. The number of carbonyl (C=O) groups is 1. The number of nitrogens with two attached hydrogens (primary N) is 1. The van der Waals surface area contributed by atoms with E-state index >= 15 is 0 Å². The Balaban J connectivity index is 2.03. The molecule has 20 heavy (non-hydrogen) atoms. The summed E-state index contributed by atoms with van der Waals surface area (Å²) in [7, 11) is 0. The van der Waals surface area contributed by atoms with Crippen LogP contribution in [0.3, 0.4) is 0 Å². The molecule has 1 saturated heterocycles. The molecule has 2 unspecified atom stereocenters. The van der Waals surface area contributed by atoms with Crippen LogP contribution in [0.5, 0.6) is 5.75 Å². The van der Waals surface area contributed by atoms with Crippen molar-refractivity contribution in [3.8, 4) is 5.75 Å². The Labute approximate surface area is 119 Å². The minimum absolute atomic E-state index is 0.00171. The van der Waals surface area contributed by atoms with E-state index < -0.39 is 0 Å². The lowest BCUT2D eigenvalue weighted by Crippen LogP contribution is -2.29. The standard InChI is InChI=1S/C15H22N2O3/c1-2-13-11(7-9-19-13)15(18)17-12-5-3-4-6-14(12)20-10-8-16/h3-6,11,13H,2,7-10,16H2,1H3,(H,17,18). The maximum atomic E-state index is 12.3. The fourth-order valence-electron chi connectivity index (χ4n) is 2.44. The highest BCUT2D eigenvalue weighted by atomic mass is 16.5. The fraction of sp³-hybridized carbons (Fsp3) is 0.533. The summed E-state index contributed by atoms with van der Waals surface area (Å²) in [6, 6.07) is 7.40. The highest BCUT2D eigenvalue weighted by molar-refractivity contribution is 5.94. The predicted molar refractivity (Wildman–Crippen MR) is 77.8 cm³/mol. The van der Waals surface area contributed by atoms with Crippen LogP contribution in [0.15, 0.2) is 24.3 Å². The van der Waals surface area contributed by atoms with Gasteiger partial charge >= 0.3 is 0 Å². The van der Waals surface area contributed by atoms with Crippen molar-refractivity contribution in [2.45, 2.75) is 25.9 Å². The number of ether oxygens (including phenoxy) is 2. The van der Waals surface area contributed by atoms with Gasteiger partial charge < -0.3 is 20.5 Å². The van der Waals surface area contributed by atoms with Crippen molar-refractivity contribution in [3.63, 3.8) is 0 Å².